The molecule has 0 aromatic heterocycles. The highest BCUT2D eigenvalue weighted by atomic mass is 79.9. The number of halogens is 1. The van der Waals surface area contributed by atoms with Crippen LogP contribution >= 0.6 is 23.4 Å². The minimum absolute atomic E-state index is 0.146. The van der Waals surface area contributed by atoms with Crippen molar-refractivity contribution in [2.75, 3.05) is 11.5 Å². The third kappa shape index (κ3) is 6.63. The van der Waals surface area contributed by atoms with Gasteiger partial charge in [0, 0.05) is 11.5 Å². The predicted molar refractivity (Wildman–Crippen MR) is 32.7 cm³/mol. The molecule has 1 atom stereocenters. The van der Waals surface area contributed by atoms with Crippen LogP contribution < -0.4 is 5.50 Å². The van der Waals surface area contributed by atoms with Crippen molar-refractivity contribution in [1.29, 1.82) is 0 Å². The summed E-state index contributed by atoms with van der Waals surface area (Å²) in [7, 11) is -3.21. The van der Waals surface area contributed by atoms with Gasteiger partial charge >= 0.3 is 0 Å². The minimum Gasteiger partial charge on any atom is -0.333 e. The first kappa shape index (κ1) is 7.63. The second-order valence-electron chi connectivity index (χ2n) is 1.17. The maximum Gasteiger partial charge on any atom is 0.265 e. The Labute approximate surface area is 50.5 Å². The third-order valence-electron chi connectivity index (χ3n) is 0.405. The van der Waals surface area contributed by atoms with Gasteiger partial charge in [-0.05, 0) is 0 Å². The molecule has 7 heavy (non-hydrogen) atoms. The molecule has 0 bridgehead atoms. The van der Waals surface area contributed by atoms with E-state index in [1.165, 1.54) is 0 Å². The molecule has 3 nitrogen and oxygen atoms in total. The highest BCUT2D eigenvalue weighted by molar-refractivity contribution is 9.09. The third-order valence-corrected chi connectivity index (χ3v) is 2.28. The maximum absolute atomic E-state index is 10.1. The maximum atomic E-state index is 10.1. The smallest absolute Gasteiger partial charge is 0.265 e. The molecule has 0 saturated carbocycles. The average molecular weight is 188 g/mol. The van der Waals surface area contributed by atoms with Crippen molar-refractivity contribution in [3.8, 4) is 0 Å². The highest BCUT2D eigenvalue weighted by Crippen LogP contribution is 2.28. The topological polar surface area (TPSA) is 63.3 Å². The Balaban J connectivity index is 3.36. The van der Waals surface area contributed by atoms with Crippen LogP contribution in [0.5, 0.6) is 0 Å². The molecule has 0 aliphatic heterocycles. The van der Waals surface area contributed by atoms with Gasteiger partial charge in [-0.1, -0.05) is 15.9 Å². The van der Waals surface area contributed by atoms with Gasteiger partial charge in [0.25, 0.3) is 7.52 Å². The lowest BCUT2D eigenvalue weighted by Gasteiger charge is -1.97. The molecule has 0 fully saturated rings. The zero-order chi connectivity index (χ0) is 5.91. The summed E-state index contributed by atoms with van der Waals surface area (Å²) in [4.78, 5) is 8.32. The molecule has 0 rings (SSSR count). The summed E-state index contributed by atoms with van der Waals surface area (Å²) in [5.41, 5.74) is 4.73. The molecule has 0 aromatic rings. The molecule has 0 radical (unpaired) electrons. The zero-order valence-electron chi connectivity index (χ0n) is 3.67. The van der Waals surface area contributed by atoms with Gasteiger partial charge in [0.2, 0.25) is 0 Å². The van der Waals surface area contributed by atoms with E-state index in [2.05, 4.69) is 15.9 Å². The Morgan fingerprint density at radius 2 is 2.29 bits per heavy atom. The van der Waals surface area contributed by atoms with Crippen LogP contribution in [0.15, 0.2) is 0 Å². The van der Waals surface area contributed by atoms with Gasteiger partial charge in [-0.25, -0.2) is 0 Å². The Hall–Kier alpha value is 0.630. The fourth-order valence-corrected chi connectivity index (χ4v) is 1.89. The lowest BCUT2D eigenvalue weighted by molar-refractivity contribution is 0.481. The van der Waals surface area contributed by atoms with E-state index in [4.69, 9.17) is 10.4 Å². The van der Waals surface area contributed by atoms with Crippen LogP contribution in [0.2, 0.25) is 0 Å². The van der Waals surface area contributed by atoms with Gasteiger partial charge < -0.3 is 4.89 Å². The van der Waals surface area contributed by atoms with Crippen LogP contribution in [0.3, 0.4) is 0 Å². The second kappa shape index (κ2) is 2.82. The Bertz CT molecular complexity index is 89.7. The molecule has 44 valence electrons. The summed E-state index contributed by atoms with van der Waals surface area (Å²) in [6.45, 7) is 0. The first-order valence-corrected chi connectivity index (χ1v) is 4.76. The zero-order valence-corrected chi connectivity index (χ0v) is 6.15. The normalized spacial score (nSPS) is 18.7. The first-order valence-electron chi connectivity index (χ1n) is 1.72. The predicted octanol–water partition coefficient (Wildman–Crippen LogP) is 0.525. The van der Waals surface area contributed by atoms with E-state index in [9.17, 15) is 4.57 Å². The van der Waals surface area contributed by atoms with Crippen molar-refractivity contribution in [1.82, 2.24) is 0 Å². The Morgan fingerprint density at radius 1 is 1.86 bits per heavy atom. The summed E-state index contributed by atoms with van der Waals surface area (Å²) in [5.74, 6) is 0. The fraction of sp³-hybridized carbons (Fsp3) is 1.00. The van der Waals surface area contributed by atoms with E-state index >= 15 is 0 Å². The van der Waals surface area contributed by atoms with Crippen molar-refractivity contribution in [3.05, 3.63) is 0 Å². The van der Waals surface area contributed by atoms with Crippen LogP contribution in [-0.2, 0) is 4.57 Å². The SMILES string of the molecule is NP(=O)(O)CCBr. The molecule has 1 unspecified atom stereocenters. The van der Waals surface area contributed by atoms with Crippen molar-refractivity contribution >= 4 is 23.4 Å². The molecule has 3 N–H and O–H groups in total. The van der Waals surface area contributed by atoms with Gasteiger partial charge in [-0.2, -0.15) is 0 Å². The van der Waals surface area contributed by atoms with Gasteiger partial charge in [0.1, 0.15) is 0 Å². The summed E-state index contributed by atoms with van der Waals surface area (Å²) < 4.78 is 10.1. The van der Waals surface area contributed by atoms with Crippen LogP contribution in [0, 0.1) is 0 Å². The van der Waals surface area contributed by atoms with Gasteiger partial charge in [0.15, 0.2) is 0 Å². The van der Waals surface area contributed by atoms with E-state index in [1.54, 1.807) is 0 Å². The van der Waals surface area contributed by atoms with E-state index in [0.29, 0.717) is 5.33 Å². The Morgan fingerprint density at radius 3 is 2.29 bits per heavy atom. The number of nitrogens with two attached hydrogens (primary N) is 1. The molecule has 5 heteroatoms. The lowest BCUT2D eigenvalue weighted by Crippen LogP contribution is -1.98. The quantitative estimate of drug-likeness (QED) is 0.490. The molecule has 0 heterocycles. The van der Waals surface area contributed by atoms with Crippen LogP contribution in [0.25, 0.3) is 0 Å². The van der Waals surface area contributed by atoms with E-state index in [1.807, 2.05) is 0 Å². The van der Waals surface area contributed by atoms with E-state index in [-0.39, 0.29) is 6.16 Å². The Kier molecular flexibility index (Phi) is 3.08. The van der Waals surface area contributed by atoms with Crippen molar-refractivity contribution in [2.45, 2.75) is 0 Å². The van der Waals surface area contributed by atoms with Crippen LogP contribution in [0.1, 0.15) is 0 Å². The largest absolute Gasteiger partial charge is 0.333 e. The van der Waals surface area contributed by atoms with Crippen LogP contribution in [0.4, 0.5) is 0 Å². The number of rotatable bonds is 2. The summed E-state index contributed by atoms with van der Waals surface area (Å²) >= 11 is 2.97. The van der Waals surface area contributed by atoms with Gasteiger partial charge in [-0.15, -0.1) is 0 Å². The van der Waals surface area contributed by atoms with Crippen molar-refractivity contribution < 1.29 is 9.46 Å². The van der Waals surface area contributed by atoms with Crippen LogP contribution in [-0.4, -0.2) is 16.4 Å². The van der Waals surface area contributed by atoms with Gasteiger partial charge in [0.05, 0.1) is 0 Å². The number of hydrogen-bond donors (Lipinski definition) is 2. The van der Waals surface area contributed by atoms with Crippen molar-refractivity contribution in [2.24, 2.45) is 5.50 Å². The standard InChI is InChI=1S/C2H7BrNO2P/c3-1-2-7(4,5)6/h1-2H2,(H3,4,5,6). The molecule has 0 spiro atoms. The summed E-state index contributed by atoms with van der Waals surface area (Å²) in [6, 6.07) is 0. The fourth-order valence-electron chi connectivity index (χ4n) is 0.121. The molecule has 0 aromatic carbocycles. The van der Waals surface area contributed by atoms with Gasteiger partial charge in [-0.3, -0.25) is 10.1 Å². The van der Waals surface area contributed by atoms with Crippen molar-refractivity contribution in [3.63, 3.8) is 0 Å². The highest BCUT2D eigenvalue weighted by Gasteiger charge is 2.06. The number of hydrogen-bond acceptors (Lipinski definition) is 1. The second-order valence-corrected chi connectivity index (χ2v) is 3.92. The van der Waals surface area contributed by atoms with E-state index < -0.39 is 7.52 Å². The first-order chi connectivity index (χ1) is 3.06. The minimum atomic E-state index is -3.21. The monoisotopic (exact) mass is 187 g/mol. The van der Waals surface area contributed by atoms with E-state index in [0.717, 1.165) is 0 Å². The average Bonchev–Trinajstić information content (AvgIpc) is 1.30. The molecular formula is C2H7BrNO2P. The lowest BCUT2D eigenvalue weighted by atomic mass is 11.0. The molecular weight excluding hydrogens is 181 g/mol. The molecule has 0 saturated heterocycles. The summed E-state index contributed by atoms with van der Waals surface area (Å²) in [5, 5.41) is 0.483. The molecule has 0 aliphatic rings. The molecule has 0 aliphatic carbocycles. The number of alkyl halides is 1. The molecule has 0 amide bonds. The summed E-state index contributed by atoms with van der Waals surface area (Å²) in [6.07, 6.45) is 0.146.